The molecule has 0 bridgehead atoms. The van der Waals surface area contributed by atoms with Crippen LogP contribution in [0.2, 0.25) is 0 Å². The van der Waals surface area contributed by atoms with Gasteiger partial charge in [0.25, 0.3) is 5.91 Å². The Morgan fingerprint density at radius 1 is 1.47 bits per heavy atom. The van der Waals surface area contributed by atoms with Gasteiger partial charge in [-0.1, -0.05) is 17.9 Å². The van der Waals surface area contributed by atoms with Gasteiger partial charge in [-0.3, -0.25) is 9.59 Å². The van der Waals surface area contributed by atoms with E-state index in [2.05, 4.69) is 16.9 Å². The molecule has 1 heterocycles. The van der Waals surface area contributed by atoms with Crippen molar-refractivity contribution in [2.45, 2.75) is 37.4 Å². The minimum absolute atomic E-state index is 0.0766. The molecule has 30 heavy (non-hydrogen) atoms. The zero-order chi connectivity index (χ0) is 21.9. The largest absolute Gasteiger partial charge is 0.388 e. The lowest BCUT2D eigenvalue weighted by molar-refractivity contribution is -0.119. The summed E-state index contributed by atoms with van der Waals surface area (Å²) >= 11 is 0. The zero-order valence-corrected chi connectivity index (χ0v) is 17.1. The van der Waals surface area contributed by atoms with Crippen LogP contribution in [0.5, 0.6) is 0 Å². The first-order chi connectivity index (χ1) is 14.2. The number of amides is 1. The van der Waals surface area contributed by atoms with E-state index >= 15 is 0 Å². The molecule has 1 amide bonds. The standard InChI is InChI=1S/C22H26N4O4/c1-25(2)12-11-22(30,14-27)10-9-15-5-3-6-16(13-15)26-17-7-4-8-18(28)19(17)20(24-26)21(23)29/h3,5-6,13-14,18,28,30H,4,7-8,11-12H2,1-2H3,(H2,23,29)/t18-,22+/m1/s1. The van der Waals surface area contributed by atoms with Crippen molar-refractivity contribution >= 4 is 12.2 Å². The lowest BCUT2D eigenvalue weighted by atomic mass is 9.92. The molecule has 2 aromatic rings. The summed E-state index contributed by atoms with van der Waals surface area (Å²) in [5, 5.41) is 25.1. The van der Waals surface area contributed by atoms with Gasteiger partial charge in [0.2, 0.25) is 0 Å². The number of carbonyl (C=O) groups is 2. The predicted octanol–water partition coefficient (Wildman–Crippen LogP) is 0.574. The normalized spacial score (nSPS) is 17.6. The molecule has 1 aromatic heterocycles. The number of hydrogen-bond donors (Lipinski definition) is 3. The zero-order valence-electron chi connectivity index (χ0n) is 17.1. The molecule has 0 saturated carbocycles. The van der Waals surface area contributed by atoms with Gasteiger partial charge in [0.1, 0.15) is 0 Å². The van der Waals surface area contributed by atoms with Crippen LogP contribution >= 0.6 is 0 Å². The van der Waals surface area contributed by atoms with Gasteiger partial charge in [-0.25, -0.2) is 4.68 Å². The fourth-order valence-electron chi connectivity index (χ4n) is 3.50. The van der Waals surface area contributed by atoms with E-state index in [0.29, 0.717) is 42.5 Å². The van der Waals surface area contributed by atoms with Crippen molar-refractivity contribution in [3.05, 3.63) is 46.8 Å². The van der Waals surface area contributed by atoms with Crippen molar-refractivity contribution in [1.82, 2.24) is 14.7 Å². The number of primary amides is 1. The third-order valence-corrected chi connectivity index (χ3v) is 5.13. The highest BCUT2D eigenvalue weighted by atomic mass is 16.3. The molecule has 1 aromatic carbocycles. The second kappa shape index (κ2) is 8.79. The highest BCUT2D eigenvalue weighted by Crippen LogP contribution is 2.33. The van der Waals surface area contributed by atoms with Crippen molar-refractivity contribution < 1.29 is 19.8 Å². The van der Waals surface area contributed by atoms with E-state index in [1.54, 1.807) is 22.9 Å². The summed E-state index contributed by atoms with van der Waals surface area (Å²) in [6, 6.07) is 7.09. The first-order valence-corrected chi connectivity index (χ1v) is 9.81. The van der Waals surface area contributed by atoms with Gasteiger partial charge in [0.15, 0.2) is 17.6 Å². The molecule has 1 aliphatic rings. The fourth-order valence-corrected chi connectivity index (χ4v) is 3.50. The fraction of sp³-hybridized carbons (Fsp3) is 0.409. The van der Waals surface area contributed by atoms with Crippen LogP contribution in [-0.4, -0.2) is 63.3 Å². The summed E-state index contributed by atoms with van der Waals surface area (Å²) in [4.78, 5) is 25.1. The van der Waals surface area contributed by atoms with Crippen LogP contribution in [0.15, 0.2) is 24.3 Å². The van der Waals surface area contributed by atoms with E-state index in [1.165, 1.54) is 0 Å². The summed E-state index contributed by atoms with van der Waals surface area (Å²) < 4.78 is 1.61. The maximum absolute atomic E-state index is 11.8. The number of aldehydes is 1. The Bertz CT molecular complexity index is 1020. The molecule has 0 aliphatic heterocycles. The van der Waals surface area contributed by atoms with Crippen LogP contribution in [0, 0.1) is 11.8 Å². The van der Waals surface area contributed by atoms with Crippen molar-refractivity contribution in [1.29, 1.82) is 0 Å². The van der Waals surface area contributed by atoms with Crippen LogP contribution in [0.4, 0.5) is 0 Å². The van der Waals surface area contributed by atoms with E-state index in [0.717, 1.165) is 12.1 Å². The number of nitrogens with two attached hydrogens (primary N) is 1. The van der Waals surface area contributed by atoms with Crippen LogP contribution in [-0.2, 0) is 11.2 Å². The second-order valence-corrected chi connectivity index (χ2v) is 7.79. The summed E-state index contributed by atoms with van der Waals surface area (Å²) in [6.45, 7) is 0.515. The smallest absolute Gasteiger partial charge is 0.269 e. The number of aliphatic hydroxyl groups is 2. The molecule has 8 heteroatoms. The number of rotatable bonds is 6. The number of carbonyl (C=O) groups excluding carboxylic acids is 2. The minimum Gasteiger partial charge on any atom is -0.388 e. The molecule has 0 spiro atoms. The molecular weight excluding hydrogens is 384 g/mol. The van der Waals surface area contributed by atoms with Gasteiger partial charge in [-0.2, -0.15) is 5.10 Å². The number of benzene rings is 1. The summed E-state index contributed by atoms with van der Waals surface area (Å²) in [5.41, 5.74) is 6.30. The molecule has 1 aliphatic carbocycles. The van der Waals surface area contributed by atoms with Gasteiger partial charge >= 0.3 is 0 Å². The van der Waals surface area contributed by atoms with Crippen molar-refractivity contribution in [3.63, 3.8) is 0 Å². The monoisotopic (exact) mass is 410 g/mol. The highest BCUT2D eigenvalue weighted by Gasteiger charge is 2.30. The van der Waals surface area contributed by atoms with E-state index in [9.17, 15) is 19.8 Å². The summed E-state index contributed by atoms with van der Waals surface area (Å²) in [6.07, 6.45) is 1.88. The van der Waals surface area contributed by atoms with Crippen LogP contribution in [0.3, 0.4) is 0 Å². The van der Waals surface area contributed by atoms with Gasteiger partial charge < -0.3 is 20.8 Å². The second-order valence-electron chi connectivity index (χ2n) is 7.79. The highest BCUT2D eigenvalue weighted by molar-refractivity contribution is 5.93. The van der Waals surface area contributed by atoms with Crippen molar-refractivity contribution in [2.24, 2.45) is 5.73 Å². The first kappa shape index (κ1) is 21.7. The van der Waals surface area contributed by atoms with Crippen LogP contribution < -0.4 is 5.73 Å². The lowest BCUT2D eigenvalue weighted by Gasteiger charge is -2.19. The molecule has 0 radical (unpaired) electrons. The van der Waals surface area contributed by atoms with Crippen molar-refractivity contribution in [2.75, 3.05) is 20.6 Å². The molecule has 0 unspecified atom stereocenters. The van der Waals surface area contributed by atoms with Gasteiger partial charge in [0, 0.05) is 24.1 Å². The number of fused-ring (bicyclic) bond motifs is 1. The molecule has 8 nitrogen and oxygen atoms in total. The van der Waals surface area contributed by atoms with E-state index in [1.807, 2.05) is 25.1 Å². The molecule has 3 rings (SSSR count). The molecule has 4 N–H and O–H groups in total. The average Bonchev–Trinajstić information content (AvgIpc) is 3.12. The SMILES string of the molecule is CN(C)CC[C@@](O)(C#Cc1cccc(-n2nc(C(N)=O)c3c2CCC[C@H]3O)c1)C=O. The van der Waals surface area contributed by atoms with E-state index in [-0.39, 0.29) is 12.1 Å². The Balaban J connectivity index is 1.97. The lowest BCUT2D eigenvalue weighted by Crippen LogP contribution is -2.33. The summed E-state index contributed by atoms with van der Waals surface area (Å²) in [5.74, 6) is 4.83. The predicted molar refractivity (Wildman–Crippen MR) is 111 cm³/mol. The Morgan fingerprint density at radius 3 is 2.90 bits per heavy atom. The Kier molecular flexibility index (Phi) is 6.37. The minimum atomic E-state index is -1.73. The maximum atomic E-state index is 11.8. The molecule has 0 fully saturated rings. The average molecular weight is 410 g/mol. The van der Waals surface area contributed by atoms with Crippen molar-refractivity contribution in [3.8, 4) is 17.5 Å². The number of aromatic nitrogens is 2. The molecular formula is C22H26N4O4. The number of aliphatic hydroxyl groups excluding tert-OH is 1. The Hall–Kier alpha value is -2.99. The van der Waals surface area contributed by atoms with E-state index in [4.69, 9.17) is 5.73 Å². The maximum Gasteiger partial charge on any atom is 0.269 e. The molecule has 2 atom stereocenters. The molecule has 158 valence electrons. The number of nitrogens with zero attached hydrogens (tertiary/aromatic N) is 3. The van der Waals surface area contributed by atoms with Crippen LogP contribution in [0.1, 0.15) is 52.7 Å². The Morgan fingerprint density at radius 2 is 2.23 bits per heavy atom. The molecule has 0 saturated heterocycles. The van der Waals surface area contributed by atoms with Gasteiger partial charge in [0.05, 0.1) is 17.5 Å². The van der Waals surface area contributed by atoms with E-state index < -0.39 is 17.6 Å². The van der Waals surface area contributed by atoms with Gasteiger partial charge in [-0.05, 0) is 51.6 Å². The third kappa shape index (κ3) is 4.60. The van der Waals surface area contributed by atoms with Crippen LogP contribution in [0.25, 0.3) is 5.69 Å². The first-order valence-electron chi connectivity index (χ1n) is 9.81. The number of hydrogen-bond acceptors (Lipinski definition) is 6. The Labute approximate surface area is 175 Å². The van der Waals surface area contributed by atoms with Gasteiger partial charge in [-0.15, -0.1) is 0 Å². The summed E-state index contributed by atoms with van der Waals surface area (Å²) in [7, 11) is 3.70. The quantitative estimate of drug-likeness (QED) is 0.473. The third-order valence-electron chi connectivity index (χ3n) is 5.13. The topological polar surface area (TPSA) is 122 Å².